The van der Waals surface area contributed by atoms with Gasteiger partial charge in [0, 0.05) is 11.3 Å². The van der Waals surface area contributed by atoms with Crippen molar-refractivity contribution >= 4 is 5.69 Å². The molecule has 1 unspecified atom stereocenters. The zero-order valence-corrected chi connectivity index (χ0v) is 12.3. The number of aliphatic hydroxyl groups excluding tert-OH is 1. The highest BCUT2D eigenvalue weighted by molar-refractivity contribution is 5.53. The van der Waals surface area contributed by atoms with Crippen LogP contribution in [0.25, 0.3) is 0 Å². The zero-order chi connectivity index (χ0) is 14.7. The zero-order valence-electron chi connectivity index (χ0n) is 12.3. The van der Waals surface area contributed by atoms with Crippen molar-refractivity contribution < 1.29 is 9.84 Å². The highest BCUT2D eigenvalue weighted by atomic mass is 16.5. The molecule has 0 radical (unpaired) electrons. The quantitative estimate of drug-likeness (QED) is 0.879. The van der Waals surface area contributed by atoms with Crippen LogP contribution in [0.3, 0.4) is 0 Å². The van der Waals surface area contributed by atoms with Crippen LogP contribution in [0, 0.1) is 0 Å². The molecule has 0 saturated carbocycles. The Labute approximate surface area is 125 Å². The van der Waals surface area contributed by atoms with Crippen molar-refractivity contribution in [2.75, 3.05) is 11.9 Å². The van der Waals surface area contributed by atoms with Crippen molar-refractivity contribution in [1.29, 1.82) is 0 Å². The van der Waals surface area contributed by atoms with Crippen molar-refractivity contribution in [3.63, 3.8) is 0 Å². The number of rotatable bonds is 5. The second-order valence-corrected chi connectivity index (χ2v) is 5.35. The Morgan fingerprint density at radius 3 is 2.90 bits per heavy atom. The molecule has 1 atom stereocenters. The molecular formula is C18H21NO2. The van der Waals surface area contributed by atoms with E-state index >= 15 is 0 Å². The van der Waals surface area contributed by atoms with Gasteiger partial charge in [-0.25, -0.2) is 0 Å². The average Bonchev–Trinajstić information content (AvgIpc) is 2.92. The van der Waals surface area contributed by atoms with Gasteiger partial charge in [0.05, 0.1) is 19.3 Å². The summed E-state index contributed by atoms with van der Waals surface area (Å²) in [7, 11) is 0. The molecule has 0 aromatic heterocycles. The smallest absolute Gasteiger partial charge is 0.124 e. The van der Waals surface area contributed by atoms with E-state index in [1.54, 1.807) is 0 Å². The van der Waals surface area contributed by atoms with Crippen LogP contribution < -0.4 is 10.1 Å². The summed E-state index contributed by atoms with van der Waals surface area (Å²) >= 11 is 0. The van der Waals surface area contributed by atoms with Gasteiger partial charge in [0.1, 0.15) is 5.75 Å². The highest BCUT2D eigenvalue weighted by Gasteiger charge is 2.21. The van der Waals surface area contributed by atoms with Gasteiger partial charge >= 0.3 is 0 Å². The predicted octanol–water partition coefficient (Wildman–Crippen LogP) is 3.68. The lowest BCUT2D eigenvalue weighted by molar-refractivity contribution is 0.267. The summed E-state index contributed by atoms with van der Waals surface area (Å²) in [5, 5.41) is 13.1. The minimum atomic E-state index is -0.00783. The van der Waals surface area contributed by atoms with Crippen LogP contribution in [-0.2, 0) is 13.0 Å². The molecule has 0 heterocycles. The lowest BCUT2D eigenvalue weighted by Crippen LogP contribution is -2.07. The first-order chi connectivity index (χ1) is 10.3. The van der Waals surface area contributed by atoms with Gasteiger partial charge in [-0.3, -0.25) is 0 Å². The van der Waals surface area contributed by atoms with Gasteiger partial charge in [-0.05, 0) is 49.1 Å². The molecule has 21 heavy (non-hydrogen) atoms. The summed E-state index contributed by atoms with van der Waals surface area (Å²) in [6, 6.07) is 14.9. The van der Waals surface area contributed by atoms with E-state index < -0.39 is 0 Å². The lowest BCUT2D eigenvalue weighted by Gasteiger charge is -2.17. The summed E-state index contributed by atoms with van der Waals surface area (Å²) in [5.74, 6) is 0.761. The molecule has 0 spiro atoms. The first-order valence-electron chi connectivity index (χ1n) is 7.52. The summed E-state index contributed by atoms with van der Waals surface area (Å²) in [5.41, 5.74) is 4.68. The van der Waals surface area contributed by atoms with Crippen LogP contribution in [0.5, 0.6) is 5.75 Å². The third-order valence-electron chi connectivity index (χ3n) is 4.00. The molecule has 3 nitrogen and oxygen atoms in total. The third-order valence-corrected chi connectivity index (χ3v) is 4.00. The van der Waals surface area contributed by atoms with Crippen molar-refractivity contribution in [2.24, 2.45) is 0 Å². The van der Waals surface area contributed by atoms with Crippen LogP contribution in [0.15, 0.2) is 42.5 Å². The number of benzene rings is 2. The fourth-order valence-electron chi connectivity index (χ4n) is 3.00. The van der Waals surface area contributed by atoms with Crippen LogP contribution in [0.1, 0.15) is 36.1 Å². The molecule has 2 aromatic carbocycles. The first kappa shape index (κ1) is 14.0. The van der Waals surface area contributed by atoms with Crippen LogP contribution in [0.2, 0.25) is 0 Å². The Kier molecular flexibility index (Phi) is 4.11. The molecule has 2 N–H and O–H groups in total. The Morgan fingerprint density at radius 1 is 1.24 bits per heavy atom. The fourth-order valence-corrected chi connectivity index (χ4v) is 3.00. The van der Waals surface area contributed by atoms with E-state index in [-0.39, 0.29) is 6.61 Å². The summed E-state index contributed by atoms with van der Waals surface area (Å²) < 4.78 is 5.52. The molecule has 0 amide bonds. The summed E-state index contributed by atoms with van der Waals surface area (Å²) in [6.07, 6.45) is 2.23. The number of fused-ring (bicyclic) bond motifs is 1. The van der Waals surface area contributed by atoms with Crippen molar-refractivity contribution in [3.05, 3.63) is 59.2 Å². The second kappa shape index (κ2) is 6.19. The van der Waals surface area contributed by atoms with E-state index in [0.29, 0.717) is 12.6 Å². The van der Waals surface area contributed by atoms with E-state index in [2.05, 4.69) is 29.6 Å². The minimum absolute atomic E-state index is 0.00783. The van der Waals surface area contributed by atoms with Gasteiger partial charge in [-0.1, -0.05) is 24.3 Å². The van der Waals surface area contributed by atoms with Gasteiger partial charge in [0.2, 0.25) is 0 Å². The van der Waals surface area contributed by atoms with Gasteiger partial charge in [-0.2, -0.15) is 0 Å². The highest BCUT2D eigenvalue weighted by Crippen LogP contribution is 2.34. The molecule has 3 heteroatoms. The van der Waals surface area contributed by atoms with Gasteiger partial charge < -0.3 is 15.2 Å². The van der Waals surface area contributed by atoms with Crippen molar-refractivity contribution in [1.82, 2.24) is 0 Å². The third kappa shape index (κ3) is 2.88. The SMILES string of the molecule is CCOc1ccc(NC2CCc3ccccc32)cc1CO. The maximum atomic E-state index is 9.48. The van der Waals surface area contributed by atoms with Crippen molar-refractivity contribution in [3.8, 4) is 5.75 Å². The Hall–Kier alpha value is -2.00. The number of hydrogen-bond donors (Lipinski definition) is 2. The largest absolute Gasteiger partial charge is 0.494 e. The molecule has 1 aliphatic carbocycles. The molecule has 0 aliphatic heterocycles. The van der Waals surface area contributed by atoms with Gasteiger partial charge in [-0.15, -0.1) is 0 Å². The molecule has 110 valence electrons. The summed E-state index contributed by atoms with van der Waals surface area (Å²) in [6.45, 7) is 2.55. The average molecular weight is 283 g/mol. The molecule has 0 bridgehead atoms. The van der Waals surface area contributed by atoms with E-state index in [9.17, 15) is 5.11 Å². The van der Waals surface area contributed by atoms with E-state index in [1.165, 1.54) is 11.1 Å². The minimum Gasteiger partial charge on any atom is -0.494 e. The number of hydrogen-bond acceptors (Lipinski definition) is 3. The van der Waals surface area contributed by atoms with Crippen LogP contribution in [-0.4, -0.2) is 11.7 Å². The van der Waals surface area contributed by atoms with Crippen molar-refractivity contribution in [2.45, 2.75) is 32.4 Å². The summed E-state index contributed by atoms with van der Waals surface area (Å²) in [4.78, 5) is 0. The molecule has 3 rings (SSSR count). The number of aliphatic hydroxyl groups is 1. The van der Waals surface area contributed by atoms with Gasteiger partial charge in [0.15, 0.2) is 0 Å². The maximum Gasteiger partial charge on any atom is 0.124 e. The predicted molar refractivity (Wildman–Crippen MR) is 84.7 cm³/mol. The Morgan fingerprint density at radius 2 is 2.10 bits per heavy atom. The molecule has 2 aromatic rings. The molecule has 1 aliphatic rings. The Bertz CT molecular complexity index is 624. The Balaban J connectivity index is 1.80. The molecule has 0 saturated heterocycles. The second-order valence-electron chi connectivity index (χ2n) is 5.35. The normalized spacial score (nSPS) is 16.6. The van der Waals surface area contributed by atoms with Gasteiger partial charge in [0.25, 0.3) is 0 Å². The van der Waals surface area contributed by atoms with E-state index in [4.69, 9.17) is 4.74 Å². The van der Waals surface area contributed by atoms with E-state index in [0.717, 1.165) is 29.8 Å². The standard InChI is InChI=1S/C18H21NO2/c1-2-21-18-10-8-15(11-14(18)12-20)19-17-9-7-13-5-3-4-6-16(13)17/h3-6,8,10-11,17,19-20H,2,7,9,12H2,1H3. The molecular weight excluding hydrogens is 262 g/mol. The number of nitrogens with one attached hydrogen (secondary N) is 1. The first-order valence-corrected chi connectivity index (χ1v) is 7.52. The molecule has 0 fully saturated rings. The fraction of sp³-hybridized carbons (Fsp3) is 0.333. The van der Waals surface area contributed by atoms with E-state index in [1.807, 2.05) is 25.1 Å². The monoisotopic (exact) mass is 283 g/mol. The maximum absolute atomic E-state index is 9.48. The lowest BCUT2D eigenvalue weighted by atomic mass is 10.1. The topological polar surface area (TPSA) is 41.5 Å². The van der Waals surface area contributed by atoms with Crippen LogP contribution in [0.4, 0.5) is 5.69 Å². The van der Waals surface area contributed by atoms with Crippen LogP contribution >= 0.6 is 0 Å². The number of ether oxygens (including phenoxy) is 1. The number of anilines is 1. The number of aryl methyl sites for hydroxylation is 1.